The van der Waals surface area contributed by atoms with Gasteiger partial charge in [0.1, 0.15) is 0 Å². The van der Waals surface area contributed by atoms with E-state index >= 15 is 0 Å². The van der Waals surface area contributed by atoms with Crippen LogP contribution in [0.1, 0.15) is 0 Å². The number of hydrogen-bond acceptors (Lipinski definition) is 5. The van der Waals surface area contributed by atoms with Gasteiger partial charge in [-0.3, -0.25) is 0 Å². The lowest BCUT2D eigenvalue weighted by atomic mass is 11.5. The highest BCUT2D eigenvalue weighted by molar-refractivity contribution is 6.68. The predicted molar refractivity (Wildman–Crippen MR) is 96.6 cm³/mol. The van der Waals surface area contributed by atoms with Crippen LogP contribution in [0.4, 0.5) is 0 Å². The topological polar surface area (TPSA) is 46.2 Å². The first kappa shape index (κ1) is 24.0. The first-order chi connectivity index (χ1) is 9.70. The first-order valence-corrected chi connectivity index (χ1v) is 22.5. The van der Waals surface area contributed by atoms with Crippen molar-refractivity contribution in [2.45, 2.75) is 46.3 Å². The molecule has 0 aromatic rings. The van der Waals surface area contributed by atoms with Crippen LogP contribution in [0.25, 0.3) is 0 Å². The lowest BCUT2D eigenvalue weighted by Crippen LogP contribution is -2.40. The summed E-state index contributed by atoms with van der Waals surface area (Å²) in [5.74, 6) is 17.3. The van der Waals surface area contributed by atoms with E-state index in [0.29, 0.717) is 0 Å². The van der Waals surface area contributed by atoms with Gasteiger partial charge in [0.2, 0.25) is 0 Å². The second kappa shape index (κ2) is 14.2. The van der Waals surface area contributed by atoms with Gasteiger partial charge in [-0.15, -0.1) is 0 Å². The summed E-state index contributed by atoms with van der Waals surface area (Å²) in [7, 11) is 0. The molecular formula is C10H28Al6O5. The van der Waals surface area contributed by atoms with Gasteiger partial charge >= 0.3 is 87.6 Å². The SMILES string of the molecule is [CH3][Al]([CH3])[O][Al]([CH3])[O][Al]([CH3])[CH3].[CH3][Al]1[CH2]O[CH2][Al]([CH3])[O][Al]([CH3])[O]1. The third-order valence-corrected chi connectivity index (χ3v) is 18.1. The number of rotatable bonds is 4. The highest BCUT2D eigenvalue weighted by Gasteiger charge is 2.30. The quantitative estimate of drug-likeness (QED) is 0.689. The molecule has 0 unspecified atom stereocenters. The van der Waals surface area contributed by atoms with E-state index in [1.165, 1.54) is 0 Å². The maximum absolute atomic E-state index is 5.73. The molecule has 116 valence electrons. The van der Waals surface area contributed by atoms with Crippen LogP contribution < -0.4 is 0 Å². The summed E-state index contributed by atoms with van der Waals surface area (Å²) in [4.78, 5) is 0. The maximum Gasteiger partial charge on any atom is 0.609 e. The fraction of sp³-hybridized carbons (Fsp3) is 1.00. The molecule has 0 aromatic heterocycles. The van der Waals surface area contributed by atoms with Crippen LogP contribution in [-0.2, 0) is 16.1 Å². The standard InChI is InChI=1S/C2H4O.8CH3.6Al.4O/c1-3-2;;;;;;;;;;;;;;;;;;/h1-2H2;8*1H3;;;;;;;;;;. The minimum atomic E-state index is -1.24. The molecule has 1 aliphatic heterocycles. The highest BCUT2D eigenvalue weighted by atomic mass is 27.3. The van der Waals surface area contributed by atoms with Crippen LogP contribution in [0, 0.1) is 0 Å². The Morgan fingerprint density at radius 1 is 0.762 bits per heavy atom. The van der Waals surface area contributed by atoms with Gasteiger partial charge in [-0.25, -0.2) is 0 Å². The van der Waals surface area contributed by atoms with E-state index in [2.05, 4.69) is 46.3 Å². The van der Waals surface area contributed by atoms with Crippen LogP contribution >= 0.6 is 0 Å². The molecule has 1 rings (SSSR count). The van der Waals surface area contributed by atoms with Gasteiger partial charge in [0.05, 0.1) is 0 Å². The van der Waals surface area contributed by atoms with Crippen molar-refractivity contribution in [3.05, 3.63) is 0 Å². The Balaban J connectivity index is 0.000000384. The van der Waals surface area contributed by atoms with Gasteiger partial charge in [-0.05, 0) is 0 Å². The normalized spacial score (nSPS) is 15.7. The lowest BCUT2D eigenvalue weighted by molar-refractivity contribution is 0.194. The molecule has 1 aliphatic rings. The third kappa shape index (κ3) is 16.2. The number of hydrogen-bond donors (Lipinski definition) is 0. The minimum absolute atomic E-state index is 0.828. The van der Waals surface area contributed by atoms with Crippen LogP contribution in [-0.4, -0.2) is 98.5 Å². The number of ether oxygens (including phenoxy) is 1. The van der Waals surface area contributed by atoms with E-state index in [4.69, 9.17) is 16.1 Å². The minimum Gasteiger partial charge on any atom is -0.616 e. The zero-order valence-corrected chi connectivity index (χ0v) is 21.8. The molecule has 0 spiro atoms. The molecule has 0 radical (unpaired) electrons. The Morgan fingerprint density at radius 3 is 1.48 bits per heavy atom. The van der Waals surface area contributed by atoms with Gasteiger partial charge in [0.25, 0.3) is 0 Å². The molecule has 1 heterocycles. The second-order valence-electron chi connectivity index (χ2n) is 5.94. The summed E-state index contributed by atoms with van der Waals surface area (Å²) in [6.45, 7) is 0. The van der Waals surface area contributed by atoms with Crippen LogP contribution in [0.3, 0.4) is 0 Å². The van der Waals surface area contributed by atoms with Crippen molar-refractivity contribution in [3.8, 4) is 0 Å². The predicted octanol–water partition coefficient (Wildman–Crippen LogP) is 2.13. The zero-order valence-electron chi connectivity index (χ0n) is 14.9. The van der Waals surface area contributed by atoms with Crippen LogP contribution in [0.15, 0.2) is 0 Å². The van der Waals surface area contributed by atoms with E-state index in [1.54, 1.807) is 0 Å². The summed E-state index contributed by atoms with van der Waals surface area (Å²) in [5.41, 5.74) is 1.75. The maximum atomic E-state index is 5.73. The van der Waals surface area contributed by atoms with E-state index in [1.807, 2.05) is 0 Å². The molecular weight excluding hydrogens is 362 g/mol. The van der Waals surface area contributed by atoms with Crippen molar-refractivity contribution in [2.24, 2.45) is 0 Å². The summed E-state index contributed by atoms with van der Waals surface area (Å²) >= 11 is -6.13. The molecule has 1 saturated heterocycles. The fourth-order valence-corrected chi connectivity index (χ4v) is 16.8. The Kier molecular flexibility index (Phi) is 16.2. The third-order valence-electron chi connectivity index (χ3n) is 2.48. The Bertz CT molecular complexity index is 238. The molecule has 11 heteroatoms. The van der Waals surface area contributed by atoms with Gasteiger partial charge in [-0.2, -0.15) is 0 Å². The Labute approximate surface area is 159 Å². The molecule has 0 aliphatic carbocycles. The zero-order chi connectivity index (χ0) is 16.4. The average Bonchev–Trinajstić information content (AvgIpc) is 2.24. The molecule has 1 fully saturated rings. The van der Waals surface area contributed by atoms with Gasteiger partial charge in [0.15, 0.2) is 0 Å². The summed E-state index contributed by atoms with van der Waals surface area (Å²) in [5, 5.41) is 0. The second-order valence-corrected chi connectivity index (χ2v) is 20.7. The summed E-state index contributed by atoms with van der Waals surface area (Å²) in [6.07, 6.45) is 0. The smallest absolute Gasteiger partial charge is 0.609 e. The van der Waals surface area contributed by atoms with Crippen molar-refractivity contribution in [1.82, 2.24) is 0 Å². The molecule has 0 saturated carbocycles. The molecule has 5 nitrogen and oxygen atoms in total. The fourth-order valence-electron chi connectivity index (χ4n) is 1.96. The van der Waals surface area contributed by atoms with Crippen molar-refractivity contribution >= 4 is 87.6 Å². The molecule has 0 bridgehead atoms. The molecule has 0 N–H and O–H groups in total. The van der Waals surface area contributed by atoms with Crippen molar-refractivity contribution in [2.75, 3.05) is 10.9 Å². The van der Waals surface area contributed by atoms with E-state index in [-0.39, 0.29) is 0 Å². The molecule has 0 aromatic carbocycles. The van der Waals surface area contributed by atoms with Crippen molar-refractivity contribution in [1.29, 1.82) is 0 Å². The molecule has 0 amide bonds. The monoisotopic (exact) mass is 390 g/mol. The van der Waals surface area contributed by atoms with Crippen LogP contribution in [0.2, 0.25) is 46.3 Å². The van der Waals surface area contributed by atoms with E-state index in [0.717, 1.165) is 10.9 Å². The van der Waals surface area contributed by atoms with Gasteiger partial charge in [0, 0.05) is 10.9 Å². The summed E-state index contributed by atoms with van der Waals surface area (Å²) in [6, 6.07) is 0. The highest BCUT2D eigenvalue weighted by Crippen LogP contribution is 2.01. The first-order valence-electron chi connectivity index (χ1n) is 7.90. The Hall–Kier alpha value is 2.99. The Morgan fingerprint density at radius 2 is 1.14 bits per heavy atom. The van der Waals surface area contributed by atoms with Gasteiger partial charge < -0.3 is 16.1 Å². The van der Waals surface area contributed by atoms with E-state index in [9.17, 15) is 0 Å². The van der Waals surface area contributed by atoms with E-state index < -0.39 is 87.6 Å². The lowest BCUT2D eigenvalue weighted by Gasteiger charge is -2.21. The molecule has 21 heavy (non-hydrogen) atoms. The van der Waals surface area contributed by atoms with Crippen molar-refractivity contribution in [3.63, 3.8) is 0 Å². The van der Waals surface area contributed by atoms with Crippen LogP contribution in [0.5, 0.6) is 0 Å². The summed E-state index contributed by atoms with van der Waals surface area (Å²) < 4.78 is 28.2. The largest absolute Gasteiger partial charge is 0.616 e. The van der Waals surface area contributed by atoms with Crippen molar-refractivity contribution < 1.29 is 16.1 Å². The van der Waals surface area contributed by atoms with Gasteiger partial charge in [-0.1, -0.05) is 46.3 Å². The average molecular weight is 390 g/mol. The molecule has 0 atom stereocenters.